The second kappa shape index (κ2) is 7.41. The number of aryl methyl sites for hydroxylation is 3. The van der Waals surface area contributed by atoms with Gasteiger partial charge in [0.05, 0.1) is 6.04 Å². The molecule has 21 heavy (non-hydrogen) atoms. The molecule has 1 nitrogen and oxygen atoms in total. The molecule has 0 saturated carbocycles. The second-order valence-corrected chi connectivity index (χ2v) is 6.88. The van der Waals surface area contributed by atoms with Crippen LogP contribution in [0.15, 0.2) is 36.4 Å². The van der Waals surface area contributed by atoms with E-state index in [-0.39, 0.29) is 6.04 Å². The van der Waals surface area contributed by atoms with Gasteiger partial charge in [-0.2, -0.15) is 0 Å². The third kappa shape index (κ3) is 3.86. The van der Waals surface area contributed by atoms with Crippen molar-refractivity contribution in [3.05, 3.63) is 67.8 Å². The van der Waals surface area contributed by atoms with Crippen molar-refractivity contribution in [2.75, 3.05) is 6.54 Å². The van der Waals surface area contributed by atoms with Crippen LogP contribution in [-0.2, 0) is 0 Å². The van der Waals surface area contributed by atoms with E-state index in [2.05, 4.69) is 92.0 Å². The van der Waals surface area contributed by atoms with Crippen molar-refractivity contribution < 1.29 is 0 Å². The number of rotatable bonds is 5. The summed E-state index contributed by atoms with van der Waals surface area (Å²) in [4.78, 5) is 0. The molecule has 1 N–H and O–H groups in total. The lowest BCUT2D eigenvalue weighted by molar-refractivity contribution is 0.592. The minimum absolute atomic E-state index is 0.277. The molecular formula is C19H24IN. The molecule has 0 radical (unpaired) electrons. The Morgan fingerprint density at radius 1 is 1.05 bits per heavy atom. The number of benzene rings is 2. The fourth-order valence-corrected chi connectivity index (χ4v) is 3.71. The van der Waals surface area contributed by atoms with E-state index in [0.717, 1.165) is 13.0 Å². The molecule has 0 aliphatic rings. The highest BCUT2D eigenvalue weighted by Crippen LogP contribution is 2.31. The Labute approximate surface area is 142 Å². The predicted octanol–water partition coefficient (Wildman–Crippen LogP) is 5.31. The molecule has 0 heterocycles. The van der Waals surface area contributed by atoms with Crippen LogP contribution in [0.2, 0.25) is 0 Å². The van der Waals surface area contributed by atoms with Gasteiger partial charge in [-0.05, 0) is 84.6 Å². The van der Waals surface area contributed by atoms with Crippen molar-refractivity contribution in [1.82, 2.24) is 5.32 Å². The number of hydrogen-bond acceptors (Lipinski definition) is 1. The van der Waals surface area contributed by atoms with Crippen molar-refractivity contribution in [1.29, 1.82) is 0 Å². The van der Waals surface area contributed by atoms with Crippen molar-refractivity contribution in [3.8, 4) is 0 Å². The molecule has 2 heteroatoms. The Morgan fingerprint density at radius 2 is 1.67 bits per heavy atom. The van der Waals surface area contributed by atoms with Gasteiger partial charge in [0, 0.05) is 3.57 Å². The summed E-state index contributed by atoms with van der Waals surface area (Å²) in [6.45, 7) is 9.87. The minimum atomic E-state index is 0.277. The van der Waals surface area contributed by atoms with Crippen molar-refractivity contribution >= 4 is 22.6 Å². The normalized spacial score (nSPS) is 12.4. The number of halogens is 1. The predicted molar refractivity (Wildman–Crippen MR) is 99.9 cm³/mol. The molecule has 0 fully saturated rings. The van der Waals surface area contributed by atoms with Gasteiger partial charge in [0.15, 0.2) is 0 Å². The Kier molecular flexibility index (Phi) is 5.82. The van der Waals surface area contributed by atoms with Gasteiger partial charge in [-0.1, -0.05) is 42.8 Å². The van der Waals surface area contributed by atoms with Gasteiger partial charge in [0.2, 0.25) is 0 Å². The Morgan fingerprint density at radius 3 is 2.24 bits per heavy atom. The summed E-state index contributed by atoms with van der Waals surface area (Å²) in [5.74, 6) is 0. The Bertz CT molecular complexity index is 596. The smallest absolute Gasteiger partial charge is 0.0592 e. The fraction of sp³-hybridized carbons (Fsp3) is 0.368. The summed E-state index contributed by atoms with van der Waals surface area (Å²) < 4.78 is 1.32. The number of hydrogen-bond donors (Lipinski definition) is 1. The first-order valence-corrected chi connectivity index (χ1v) is 8.68. The van der Waals surface area contributed by atoms with E-state index in [4.69, 9.17) is 0 Å². The van der Waals surface area contributed by atoms with Gasteiger partial charge in [0.25, 0.3) is 0 Å². The van der Waals surface area contributed by atoms with Crippen LogP contribution in [0.25, 0.3) is 0 Å². The summed E-state index contributed by atoms with van der Waals surface area (Å²) in [7, 11) is 0. The first-order valence-electron chi connectivity index (χ1n) is 7.60. The zero-order valence-corrected chi connectivity index (χ0v) is 15.5. The van der Waals surface area contributed by atoms with Crippen LogP contribution in [0, 0.1) is 24.3 Å². The Balaban J connectivity index is 2.54. The third-order valence-corrected chi connectivity index (χ3v) is 4.82. The lowest BCUT2D eigenvalue weighted by atomic mass is 9.90. The lowest BCUT2D eigenvalue weighted by Gasteiger charge is -2.25. The van der Waals surface area contributed by atoms with E-state index < -0.39 is 0 Å². The van der Waals surface area contributed by atoms with Gasteiger partial charge in [0.1, 0.15) is 0 Å². The van der Waals surface area contributed by atoms with E-state index in [1.165, 1.54) is 31.4 Å². The molecule has 0 aliphatic carbocycles. The molecule has 112 valence electrons. The first-order chi connectivity index (χ1) is 10.0. The van der Waals surface area contributed by atoms with E-state index in [0.29, 0.717) is 0 Å². The van der Waals surface area contributed by atoms with E-state index >= 15 is 0 Å². The van der Waals surface area contributed by atoms with Crippen LogP contribution < -0.4 is 5.32 Å². The maximum absolute atomic E-state index is 3.74. The molecule has 1 atom stereocenters. The summed E-state index contributed by atoms with van der Waals surface area (Å²) in [5, 5.41) is 3.74. The fourth-order valence-electron chi connectivity index (χ4n) is 3.01. The van der Waals surface area contributed by atoms with E-state index in [1.807, 2.05) is 0 Å². The molecular weight excluding hydrogens is 369 g/mol. The van der Waals surface area contributed by atoms with Crippen LogP contribution in [0.1, 0.15) is 47.2 Å². The van der Waals surface area contributed by atoms with Gasteiger partial charge in [-0.25, -0.2) is 0 Å². The summed E-state index contributed by atoms with van der Waals surface area (Å²) in [6.07, 6.45) is 1.14. The summed E-state index contributed by atoms with van der Waals surface area (Å²) in [5.41, 5.74) is 6.90. The van der Waals surface area contributed by atoms with Crippen molar-refractivity contribution in [3.63, 3.8) is 0 Å². The van der Waals surface area contributed by atoms with Crippen LogP contribution in [0.3, 0.4) is 0 Å². The van der Waals surface area contributed by atoms with Gasteiger partial charge < -0.3 is 5.32 Å². The molecule has 0 spiro atoms. The number of nitrogens with one attached hydrogen (secondary N) is 1. The molecule has 1 unspecified atom stereocenters. The summed E-state index contributed by atoms with van der Waals surface area (Å²) in [6, 6.07) is 13.5. The van der Waals surface area contributed by atoms with E-state index in [9.17, 15) is 0 Å². The highest BCUT2D eigenvalue weighted by atomic mass is 127. The average Bonchev–Trinajstić information content (AvgIpc) is 2.42. The van der Waals surface area contributed by atoms with Crippen molar-refractivity contribution in [2.24, 2.45) is 0 Å². The molecule has 0 saturated heterocycles. The summed E-state index contributed by atoms with van der Waals surface area (Å²) >= 11 is 2.44. The average molecular weight is 393 g/mol. The molecule has 2 aromatic carbocycles. The quantitative estimate of drug-likeness (QED) is 0.680. The maximum Gasteiger partial charge on any atom is 0.0592 e. The minimum Gasteiger partial charge on any atom is -0.306 e. The largest absolute Gasteiger partial charge is 0.306 e. The molecule has 2 aromatic rings. The molecule has 0 amide bonds. The molecule has 0 aliphatic heterocycles. The Hall–Kier alpha value is -0.870. The van der Waals surface area contributed by atoms with Gasteiger partial charge in [-0.3, -0.25) is 0 Å². The standard InChI is InChI=1S/C19H24IN/c1-5-10-21-19(16-8-6-7-9-17(16)20)18-14(3)11-13(2)12-15(18)4/h6-9,11-12,19,21H,5,10H2,1-4H3. The van der Waals surface area contributed by atoms with Gasteiger partial charge in [-0.15, -0.1) is 0 Å². The topological polar surface area (TPSA) is 12.0 Å². The third-order valence-electron chi connectivity index (χ3n) is 3.84. The molecule has 2 rings (SSSR count). The van der Waals surface area contributed by atoms with Crippen LogP contribution in [0.5, 0.6) is 0 Å². The van der Waals surface area contributed by atoms with Gasteiger partial charge >= 0.3 is 0 Å². The zero-order valence-electron chi connectivity index (χ0n) is 13.3. The molecule has 0 aromatic heterocycles. The highest BCUT2D eigenvalue weighted by molar-refractivity contribution is 14.1. The van der Waals surface area contributed by atoms with Crippen LogP contribution in [0.4, 0.5) is 0 Å². The monoisotopic (exact) mass is 393 g/mol. The SMILES string of the molecule is CCCNC(c1ccccc1I)c1c(C)cc(C)cc1C. The maximum atomic E-state index is 3.74. The van der Waals surface area contributed by atoms with E-state index in [1.54, 1.807) is 0 Å². The van der Waals surface area contributed by atoms with Crippen molar-refractivity contribution in [2.45, 2.75) is 40.2 Å². The second-order valence-electron chi connectivity index (χ2n) is 5.72. The van der Waals surface area contributed by atoms with Crippen LogP contribution >= 0.6 is 22.6 Å². The van der Waals surface area contributed by atoms with Crippen LogP contribution in [-0.4, -0.2) is 6.54 Å². The lowest BCUT2D eigenvalue weighted by Crippen LogP contribution is -2.25. The zero-order chi connectivity index (χ0) is 15.4. The highest BCUT2D eigenvalue weighted by Gasteiger charge is 2.19. The molecule has 0 bridgehead atoms. The first kappa shape index (κ1) is 16.5.